The Morgan fingerprint density at radius 1 is 0.914 bits per heavy atom. The standard InChI is InChI=1S/C26H24ClN7O/c1-2-7-22-24(27)34(17-18-8-4-3-5-9-18)26(35)33(22)16-19-11-13-20(14-12-19)21-10-6-15-28-23(21)25-29-31-32-30-25/h3-6,8-15H,2,7,16-17H2,1H3,(H,29,30,31,32). The number of rotatable bonds is 8. The Labute approximate surface area is 207 Å². The summed E-state index contributed by atoms with van der Waals surface area (Å²) in [5, 5.41) is 14.7. The van der Waals surface area contributed by atoms with Gasteiger partial charge in [0, 0.05) is 11.8 Å². The molecule has 5 rings (SSSR count). The highest BCUT2D eigenvalue weighted by atomic mass is 35.5. The van der Waals surface area contributed by atoms with Crippen molar-refractivity contribution in [3.05, 3.63) is 105 Å². The van der Waals surface area contributed by atoms with Crippen molar-refractivity contribution in [1.82, 2.24) is 34.7 Å². The van der Waals surface area contributed by atoms with Gasteiger partial charge in [-0.2, -0.15) is 5.21 Å². The van der Waals surface area contributed by atoms with E-state index < -0.39 is 0 Å². The van der Waals surface area contributed by atoms with Crippen LogP contribution in [0.25, 0.3) is 22.6 Å². The number of imidazole rings is 1. The first-order valence-corrected chi connectivity index (χ1v) is 11.8. The van der Waals surface area contributed by atoms with Gasteiger partial charge in [0.1, 0.15) is 10.8 Å². The minimum atomic E-state index is -0.0990. The summed E-state index contributed by atoms with van der Waals surface area (Å²) in [7, 11) is 0. The van der Waals surface area contributed by atoms with Gasteiger partial charge in [-0.25, -0.2) is 4.79 Å². The minimum Gasteiger partial charge on any atom is -0.290 e. The smallest absolute Gasteiger partial charge is 0.290 e. The normalized spacial score (nSPS) is 11.1. The molecule has 0 unspecified atom stereocenters. The number of tetrazole rings is 1. The Morgan fingerprint density at radius 3 is 2.37 bits per heavy atom. The summed E-state index contributed by atoms with van der Waals surface area (Å²) >= 11 is 6.72. The number of hydrogen-bond acceptors (Lipinski definition) is 5. The lowest BCUT2D eigenvalue weighted by Crippen LogP contribution is -2.26. The van der Waals surface area contributed by atoms with Gasteiger partial charge in [0.2, 0.25) is 5.82 Å². The van der Waals surface area contributed by atoms with Gasteiger partial charge in [0.15, 0.2) is 0 Å². The average Bonchev–Trinajstić information content (AvgIpc) is 3.51. The average molecular weight is 486 g/mol. The van der Waals surface area contributed by atoms with Gasteiger partial charge in [0.05, 0.1) is 18.8 Å². The number of H-pyrrole nitrogens is 1. The van der Waals surface area contributed by atoms with E-state index in [1.807, 2.05) is 66.7 Å². The predicted octanol–water partition coefficient (Wildman–Crippen LogP) is 4.59. The zero-order valence-electron chi connectivity index (χ0n) is 19.2. The molecule has 5 aromatic rings. The molecule has 35 heavy (non-hydrogen) atoms. The fourth-order valence-corrected chi connectivity index (χ4v) is 4.53. The molecule has 0 spiro atoms. The summed E-state index contributed by atoms with van der Waals surface area (Å²) in [5.41, 5.74) is 5.34. The molecule has 0 radical (unpaired) electrons. The second kappa shape index (κ2) is 10.1. The van der Waals surface area contributed by atoms with Crippen molar-refractivity contribution >= 4 is 11.6 Å². The second-order valence-corrected chi connectivity index (χ2v) is 8.62. The number of aromatic nitrogens is 7. The molecule has 0 saturated heterocycles. The van der Waals surface area contributed by atoms with Gasteiger partial charge in [-0.05, 0) is 34.4 Å². The van der Waals surface area contributed by atoms with E-state index in [2.05, 4.69) is 32.5 Å². The Balaban J connectivity index is 1.45. The Kier molecular flexibility index (Phi) is 6.54. The molecular weight excluding hydrogens is 462 g/mol. The SMILES string of the molecule is CCCc1c(Cl)n(Cc2ccccc2)c(=O)n1Cc1ccc(-c2cccnc2-c2nn[nH]n2)cc1. The van der Waals surface area contributed by atoms with E-state index in [4.69, 9.17) is 11.6 Å². The highest BCUT2D eigenvalue weighted by Gasteiger charge is 2.19. The lowest BCUT2D eigenvalue weighted by molar-refractivity contribution is 0.664. The summed E-state index contributed by atoms with van der Waals surface area (Å²) in [5.74, 6) is 0.440. The maximum atomic E-state index is 13.4. The molecule has 1 N–H and O–H groups in total. The first kappa shape index (κ1) is 22.7. The molecule has 0 aliphatic heterocycles. The molecule has 9 heteroatoms. The monoisotopic (exact) mass is 485 g/mol. The van der Waals surface area contributed by atoms with E-state index in [-0.39, 0.29) is 5.69 Å². The molecule has 0 aliphatic rings. The van der Waals surface area contributed by atoms with E-state index in [9.17, 15) is 4.79 Å². The van der Waals surface area contributed by atoms with Crippen LogP contribution in [0.2, 0.25) is 5.15 Å². The Hall–Kier alpha value is -4.04. The van der Waals surface area contributed by atoms with Crippen molar-refractivity contribution < 1.29 is 0 Å². The molecule has 0 bridgehead atoms. The van der Waals surface area contributed by atoms with Gasteiger partial charge in [-0.1, -0.05) is 85.6 Å². The van der Waals surface area contributed by atoms with Crippen LogP contribution in [0, 0.1) is 0 Å². The van der Waals surface area contributed by atoms with Gasteiger partial charge in [0.25, 0.3) is 0 Å². The molecular formula is C26H24ClN7O. The topological polar surface area (TPSA) is 94.3 Å². The highest BCUT2D eigenvalue weighted by molar-refractivity contribution is 6.30. The van der Waals surface area contributed by atoms with E-state index in [0.717, 1.165) is 40.8 Å². The van der Waals surface area contributed by atoms with Gasteiger partial charge in [-0.15, -0.1) is 10.2 Å². The van der Waals surface area contributed by atoms with Crippen molar-refractivity contribution in [1.29, 1.82) is 0 Å². The van der Waals surface area contributed by atoms with E-state index in [1.165, 1.54) is 0 Å². The molecule has 3 aromatic heterocycles. The third kappa shape index (κ3) is 4.65. The lowest BCUT2D eigenvalue weighted by Gasteiger charge is -2.09. The minimum absolute atomic E-state index is 0.0990. The number of halogens is 1. The Bertz CT molecular complexity index is 1470. The molecule has 0 fully saturated rings. The summed E-state index contributed by atoms with van der Waals surface area (Å²) in [6.07, 6.45) is 3.33. The van der Waals surface area contributed by atoms with E-state index >= 15 is 0 Å². The largest absolute Gasteiger partial charge is 0.330 e. The predicted molar refractivity (Wildman–Crippen MR) is 135 cm³/mol. The summed E-state index contributed by atoms with van der Waals surface area (Å²) in [4.78, 5) is 17.8. The highest BCUT2D eigenvalue weighted by Crippen LogP contribution is 2.28. The first-order chi connectivity index (χ1) is 17.2. The number of aromatic amines is 1. The van der Waals surface area contributed by atoms with Crippen molar-refractivity contribution in [2.24, 2.45) is 0 Å². The number of benzene rings is 2. The molecule has 0 amide bonds. The zero-order chi connectivity index (χ0) is 24.2. The number of nitrogens with one attached hydrogen (secondary N) is 1. The van der Waals surface area contributed by atoms with Crippen LogP contribution in [0.5, 0.6) is 0 Å². The number of nitrogens with zero attached hydrogens (tertiary/aromatic N) is 6. The third-order valence-corrected chi connectivity index (χ3v) is 6.33. The number of pyridine rings is 1. The molecule has 3 heterocycles. The van der Waals surface area contributed by atoms with Crippen molar-refractivity contribution in [3.8, 4) is 22.6 Å². The van der Waals surface area contributed by atoms with Crippen LogP contribution in [0.1, 0.15) is 30.2 Å². The van der Waals surface area contributed by atoms with Crippen LogP contribution in [0.15, 0.2) is 77.7 Å². The van der Waals surface area contributed by atoms with Crippen LogP contribution in [-0.4, -0.2) is 34.7 Å². The van der Waals surface area contributed by atoms with Crippen LogP contribution in [0.4, 0.5) is 0 Å². The zero-order valence-corrected chi connectivity index (χ0v) is 20.0. The molecule has 176 valence electrons. The van der Waals surface area contributed by atoms with Crippen LogP contribution in [-0.2, 0) is 19.5 Å². The molecule has 8 nitrogen and oxygen atoms in total. The molecule has 0 atom stereocenters. The molecule has 2 aromatic carbocycles. The van der Waals surface area contributed by atoms with Crippen molar-refractivity contribution in [3.63, 3.8) is 0 Å². The van der Waals surface area contributed by atoms with Crippen molar-refractivity contribution in [2.75, 3.05) is 0 Å². The van der Waals surface area contributed by atoms with Crippen molar-refractivity contribution in [2.45, 2.75) is 32.9 Å². The van der Waals surface area contributed by atoms with Crippen LogP contribution in [0.3, 0.4) is 0 Å². The van der Waals surface area contributed by atoms with Crippen LogP contribution < -0.4 is 5.69 Å². The summed E-state index contributed by atoms with van der Waals surface area (Å²) in [6.45, 7) is 2.98. The fourth-order valence-electron chi connectivity index (χ4n) is 4.20. The fraction of sp³-hybridized carbons (Fsp3) is 0.192. The lowest BCUT2D eigenvalue weighted by atomic mass is 10.0. The maximum Gasteiger partial charge on any atom is 0.330 e. The van der Waals surface area contributed by atoms with E-state index in [0.29, 0.717) is 29.8 Å². The summed E-state index contributed by atoms with van der Waals surface area (Å²) in [6, 6.07) is 21.8. The van der Waals surface area contributed by atoms with Gasteiger partial charge in [-0.3, -0.25) is 14.1 Å². The first-order valence-electron chi connectivity index (χ1n) is 11.5. The third-order valence-electron chi connectivity index (χ3n) is 5.90. The maximum absolute atomic E-state index is 13.4. The van der Waals surface area contributed by atoms with Gasteiger partial charge >= 0.3 is 5.69 Å². The second-order valence-electron chi connectivity index (χ2n) is 8.26. The summed E-state index contributed by atoms with van der Waals surface area (Å²) < 4.78 is 3.45. The van der Waals surface area contributed by atoms with E-state index in [1.54, 1.807) is 15.3 Å². The van der Waals surface area contributed by atoms with Crippen LogP contribution >= 0.6 is 11.6 Å². The molecule has 0 aliphatic carbocycles. The number of hydrogen-bond donors (Lipinski definition) is 1. The van der Waals surface area contributed by atoms with Gasteiger partial charge < -0.3 is 0 Å². The quantitative estimate of drug-likeness (QED) is 0.347. The molecule has 0 saturated carbocycles. The Morgan fingerprint density at radius 2 is 1.66 bits per heavy atom.